The molecule has 0 bridgehead atoms. The van der Waals surface area contributed by atoms with Crippen molar-refractivity contribution >= 4 is 34.5 Å². The molecule has 21 heavy (non-hydrogen) atoms. The molecule has 0 aliphatic heterocycles. The quantitative estimate of drug-likeness (QED) is 0.542. The minimum Gasteiger partial charge on any atom is -0.863 e. The van der Waals surface area contributed by atoms with Crippen LogP contribution in [0, 0.1) is 0 Å². The van der Waals surface area contributed by atoms with Gasteiger partial charge in [0.25, 0.3) is 0 Å². The summed E-state index contributed by atoms with van der Waals surface area (Å²) >= 11 is 8.54. The molecule has 0 fully saturated rings. The first kappa shape index (κ1) is 19.3. The smallest absolute Gasteiger partial charge is 0.863 e. The molecule has 2 rings (SSSR count). The number of hydrogen-bond donors (Lipinski definition) is 2. The van der Waals surface area contributed by atoms with Crippen molar-refractivity contribution in [3.05, 3.63) is 48.0 Å². The van der Waals surface area contributed by atoms with Crippen LogP contribution in [0.3, 0.4) is 0 Å². The van der Waals surface area contributed by atoms with Crippen LogP contribution in [-0.4, -0.2) is 30.3 Å². The first-order valence-electron chi connectivity index (χ1n) is 5.14. The zero-order valence-electron chi connectivity index (χ0n) is 10.6. The van der Waals surface area contributed by atoms with E-state index in [2.05, 4.69) is 34.4 Å². The Morgan fingerprint density at radius 2 is 1.19 bits per heavy atom. The van der Waals surface area contributed by atoms with Gasteiger partial charge in [0.05, 0.1) is 0 Å². The first-order valence-corrected chi connectivity index (χ1v) is 5.95. The van der Waals surface area contributed by atoms with Crippen LogP contribution in [0.25, 0.3) is 0 Å². The largest absolute Gasteiger partial charge is 2.00 e. The molecule has 6 nitrogen and oxygen atoms in total. The standard InChI is InChI=1S/2C6H5NO2S.Zn/c2*8-4-2-1-3-7-5(4)6(9)10;/h2*1-3,8H,(H,9,10);/q;;+2/p-2. The second-order valence-electron chi connectivity index (χ2n) is 3.32. The van der Waals surface area contributed by atoms with Crippen LogP contribution in [0.1, 0.15) is 11.4 Å². The maximum atomic E-state index is 10.5. The topological polar surface area (TPSA) is 112 Å². The van der Waals surface area contributed by atoms with Gasteiger partial charge in [-0.3, -0.25) is 9.97 Å². The minimum absolute atomic E-state index is 0. The van der Waals surface area contributed by atoms with Crippen molar-refractivity contribution in [1.29, 1.82) is 0 Å². The molecule has 2 aromatic heterocycles. The monoisotopic (exact) mass is 372 g/mol. The Bertz CT molecular complexity index is 585. The number of pyridine rings is 2. The molecule has 2 aromatic rings. The van der Waals surface area contributed by atoms with Gasteiger partial charge in [0.1, 0.15) is 22.9 Å². The van der Waals surface area contributed by atoms with Gasteiger partial charge in [-0.2, -0.15) is 0 Å². The molecule has 0 spiro atoms. The van der Waals surface area contributed by atoms with E-state index in [-0.39, 0.29) is 42.4 Å². The molecular weight excluding hydrogens is 366 g/mol. The average molecular weight is 374 g/mol. The summed E-state index contributed by atoms with van der Waals surface area (Å²) in [7, 11) is 0. The number of hydrogen-bond acceptors (Lipinski definition) is 8. The fraction of sp³-hybridized carbons (Fsp3) is 0. The van der Waals surface area contributed by atoms with Gasteiger partial charge in [0.2, 0.25) is 0 Å². The molecule has 0 unspecified atom stereocenters. The van der Waals surface area contributed by atoms with E-state index in [1.165, 1.54) is 36.7 Å². The van der Waals surface area contributed by atoms with Gasteiger partial charge >= 0.3 is 19.5 Å². The molecule has 9 heteroatoms. The van der Waals surface area contributed by atoms with Crippen molar-refractivity contribution in [2.75, 3.05) is 0 Å². The van der Waals surface area contributed by atoms with Crippen LogP contribution in [0.15, 0.2) is 36.7 Å². The summed E-state index contributed by atoms with van der Waals surface area (Å²) in [5.41, 5.74) is -0.116. The molecular formula is C12H8N2O4S2Zn. The van der Waals surface area contributed by atoms with E-state index >= 15 is 0 Å². The summed E-state index contributed by atoms with van der Waals surface area (Å²) in [5.74, 6) is -0.329. The molecule has 0 amide bonds. The third-order valence-electron chi connectivity index (χ3n) is 1.96. The van der Waals surface area contributed by atoms with E-state index in [1.807, 2.05) is 0 Å². The van der Waals surface area contributed by atoms with Crippen LogP contribution in [0.5, 0.6) is 11.5 Å². The predicted molar refractivity (Wildman–Crippen MR) is 75.2 cm³/mol. The van der Waals surface area contributed by atoms with Gasteiger partial charge in [-0.05, 0) is 34.4 Å². The molecule has 0 aliphatic carbocycles. The number of thiocarbonyl (C=S) groups is 2. The van der Waals surface area contributed by atoms with Gasteiger partial charge in [0, 0.05) is 12.4 Å². The third-order valence-corrected chi connectivity index (χ3v) is 2.35. The Labute approximate surface area is 143 Å². The van der Waals surface area contributed by atoms with Gasteiger partial charge in [-0.25, -0.2) is 0 Å². The van der Waals surface area contributed by atoms with Crippen LogP contribution >= 0.6 is 24.4 Å². The third kappa shape index (κ3) is 6.07. The van der Waals surface area contributed by atoms with Crippen molar-refractivity contribution in [2.45, 2.75) is 0 Å². The molecule has 0 radical (unpaired) electrons. The number of aromatic nitrogens is 2. The molecule has 0 atom stereocenters. The summed E-state index contributed by atoms with van der Waals surface area (Å²) < 4.78 is 0. The van der Waals surface area contributed by atoms with E-state index in [0.29, 0.717) is 0 Å². The minimum atomic E-state index is -0.641. The zero-order chi connectivity index (χ0) is 15.1. The summed E-state index contributed by atoms with van der Waals surface area (Å²) in [4.78, 5) is 7.15. The Balaban J connectivity index is 0.000000364. The van der Waals surface area contributed by atoms with Gasteiger partial charge in [0.15, 0.2) is 0 Å². The van der Waals surface area contributed by atoms with Crippen LogP contribution in [0.4, 0.5) is 0 Å². The van der Waals surface area contributed by atoms with Crippen molar-refractivity contribution in [1.82, 2.24) is 9.97 Å². The van der Waals surface area contributed by atoms with E-state index < -0.39 is 10.1 Å². The van der Waals surface area contributed by atoms with Crippen molar-refractivity contribution in [3.63, 3.8) is 0 Å². The fourth-order valence-corrected chi connectivity index (χ4v) is 1.42. The number of rotatable bonds is 2. The van der Waals surface area contributed by atoms with Gasteiger partial charge < -0.3 is 20.4 Å². The summed E-state index contributed by atoms with van der Waals surface area (Å²) in [5, 5.41) is 37.5. The maximum absolute atomic E-state index is 10.5. The molecule has 104 valence electrons. The summed E-state index contributed by atoms with van der Waals surface area (Å²) in [6, 6.07) is 5.78. The van der Waals surface area contributed by atoms with E-state index in [9.17, 15) is 10.2 Å². The second-order valence-corrected chi connectivity index (χ2v) is 4.06. The zero-order valence-corrected chi connectivity index (χ0v) is 15.2. The van der Waals surface area contributed by atoms with E-state index in [0.717, 1.165) is 0 Å². The van der Waals surface area contributed by atoms with Crippen molar-refractivity contribution < 1.29 is 39.9 Å². The normalized spacial score (nSPS) is 8.76. The number of nitrogens with zero attached hydrogens (tertiary/aromatic N) is 2. The fourth-order valence-electron chi connectivity index (χ4n) is 1.11. The molecule has 2 heterocycles. The summed E-state index contributed by atoms with van der Waals surface area (Å²) in [6.07, 6.45) is 2.80. The first-order chi connectivity index (χ1) is 9.43. The van der Waals surface area contributed by atoms with Crippen molar-refractivity contribution in [2.24, 2.45) is 0 Å². The Hall–Kier alpha value is -1.70. The van der Waals surface area contributed by atoms with Gasteiger partial charge in [-0.15, -0.1) is 0 Å². The Morgan fingerprint density at radius 1 is 0.857 bits per heavy atom. The number of aromatic hydroxyl groups is 2. The predicted octanol–water partition coefficient (Wildman–Crippen LogP) is -0.357. The van der Waals surface area contributed by atoms with Crippen molar-refractivity contribution in [3.8, 4) is 11.5 Å². The summed E-state index contributed by atoms with van der Waals surface area (Å²) in [6.45, 7) is 0. The molecule has 0 saturated carbocycles. The van der Waals surface area contributed by atoms with Crippen LogP contribution < -0.4 is 10.2 Å². The van der Waals surface area contributed by atoms with Crippen LogP contribution in [-0.2, 0) is 19.5 Å². The van der Waals surface area contributed by atoms with E-state index in [4.69, 9.17) is 10.2 Å². The molecule has 0 aromatic carbocycles. The van der Waals surface area contributed by atoms with Crippen LogP contribution in [0.2, 0.25) is 0 Å². The van der Waals surface area contributed by atoms with E-state index in [1.54, 1.807) is 0 Å². The maximum Gasteiger partial charge on any atom is 2.00 e. The average Bonchev–Trinajstić information content (AvgIpc) is 2.40. The molecule has 2 N–H and O–H groups in total. The molecule has 0 saturated heterocycles. The Morgan fingerprint density at radius 3 is 1.38 bits per heavy atom. The second kappa shape index (κ2) is 9.28. The molecule has 0 aliphatic rings. The Kier molecular flexibility index (Phi) is 8.53. The SMILES string of the molecule is [O-]C(=S)c1ncccc1O.[O-]C(=S)c1ncccc1O.[Zn+2]. The van der Waals surface area contributed by atoms with Gasteiger partial charge in [-0.1, -0.05) is 24.4 Å².